The van der Waals surface area contributed by atoms with Crippen LogP contribution in [0.4, 0.5) is 0 Å². The molecule has 0 aromatic carbocycles. The average molecular weight is 107 g/mol. The first kappa shape index (κ1) is 5.67. The van der Waals surface area contributed by atoms with Crippen molar-refractivity contribution in [2.45, 2.75) is 18.1 Å². The molecule has 0 aliphatic heterocycles. The van der Waals surface area contributed by atoms with Crippen molar-refractivity contribution in [3.63, 3.8) is 0 Å². The van der Waals surface area contributed by atoms with Crippen LogP contribution in [0.1, 0.15) is 13.3 Å². The zero-order chi connectivity index (χ0) is 4.12. The maximum absolute atomic E-state index is 5.26. The summed E-state index contributed by atoms with van der Waals surface area (Å²) in [6.45, 7) is 2.16. The van der Waals surface area contributed by atoms with Crippen LogP contribution in [0.2, 0.25) is 4.73 Å². The minimum absolute atomic E-state index is 0.00694. The average Bonchev–Trinajstić information content (AvgIpc) is 1.41. The van der Waals surface area contributed by atoms with Crippen LogP contribution in [0, 0.1) is 0 Å². The summed E-state index contributed by atoms with van der Waals surface area (Å²) < 4.78 is 6.56. The molecule has 30 valence electrons. The first-order chi connectivity index (χ1) is 2.41. The van der Waals surface area contributed by atoms with Gasteiger partial charge in [-0.3, -0.25) is 0 Å². The molecule has 0 fully saturated rings. The van der Waals surface area contributed by atoms with Gasteiger partial charge < -0.3 is 0 Å². The van der Waals surface area contributed by atoms with Crippen LogP contribution in [-0.2, 0) is 19.4 Å². The Labute approximate surface area is 42.2 Å². The Hall–Kier alpha value is 0.674. The van der Waals surface area contributed by atoms with E-state index in [4.69, 9.17) is 4.22 Å². The Morgan fingerprint density at radius 1 is 1.80 bits per heavy atom. The fraction of sp³-hybridized carbons (Fsp3) is 1.00. The maximum atomic E-state index is 5.26. The van der Waals surface area contributed by atoms with Crippen molar-refractivity contribution in [2.24, 2.45) is 4.22 Å². The summed E-state index contributed by atoms with van der Waals surface area (Å²) in [7, 11) is 0. The van der Waals surface area contributed by atoms with E-state index >= 15 is 0 Å². The van der Waals surface area contributed by atoms with Crippen LogP contribution < -0.4 is 4.22 Å². The van der Waals surface area contributed by atoms with Crippen molar-refractivity contribution in [1.82, 2.24) is 0 Å². The second-order valence-electron chi connectivity index (χ2n) is 0.954. The molecular formula is C3H9NTi. The standard InChI is InChI=1S/C3H7.H2N.Ti/c1-3-2;;/h1,3H2,2H3;1H2;/q;-1;+1. The van der Waals surface area contributed by atoms with Gasteiger partial charge in [0.15, 0.2) is 0 Å². The molecule has 0 spiro atoms. The molecule has 0 radical (unpaired) electrons. The van der Waals surface area contributed by atoms with Crippen molar-refractivity contribution < 1.29 is 19.4 Å². The van der Waals surface area contributed by atoms with Gasteiger partial charge in [0.25, 0.3) is 0 Å². The summed E-state index contributed by atoms with van der Waals surface area (Å²) in [4.78, 5) is 0. The first-order valence-corrected chi connectivity index (χ1v) is 3.86. The van der Waals surface area contributed by atoms with Gasteiger partial charge in [-0.05, 0) is 0 Å². The molecule has 1 nitrogen and oxygen atoms in total. The topological polar surface area (TPSA) is 26.0 Å². The monoisotopic (exact) mass is 107 g/mol. The molecule has 2 N–H and O–H groups in total. The SMILES string of the molecule is CC[CH2][Ti][NH2]. The molecule has 0 aliphatic rings. The predicted octanol–water partition coefficient (Wildman–Crippen LogP) is 0.771. The third-order valence-corrected chi connectivity index (χ3v) is 1.63. The molecule has 0 aromatic rings. The summed E-state index contributed by atoms with van der Waals surface area (Å²) in [5.74, 6) is 0. The van der Waals surface area contributed by atoms with E-state index in [9.17, 15) is 0 Å². The van der Waals surface area contributed by atoms with E-state index in [0.29, 0.717) is 0 Å². The van der Waals surface area contributed by atoms with Gasteiger partial charge in [-0.1, -0.05) is 0 Å². The van der Waals surface area contributed by atoms with Crippen LogP contribution in [0.25, 0.3) is 0 Å². The van der Waals surface area contributed by atoms with Crippen LogP contribution in [0.15, 0.2) is 0 Å². The molecule has 0 saturated heterocycles. The predicted molar refractivity (Wildman–Crippen MR) is 19.3 cm³/mol. The molecule has 5 heavy (non-hydrogen) atoms. The Balaban J connectivity index is 2.19. The normalized spacial score (nSPS) is 7.60. The summed E-state index contributed by atoms with van der Waals surface area (Å²) in [6, 6.07) is 0. The van der Waals surface area contributed by atoms with Gasteiger partial charge in [-0.2, -0.15) is 0 Å². The van der Waals surface area contributed by atoms with E-state index < -0.39 is 0 Å². The third kappa shape index (κ3) is 4.67. The third-order valence-electron chi connectivity index (χ3n) is 0.394. The van der Waals surface area contributed by atoms with Gasteiger partial charge in [-0.25, -0.2) is 0 Å². The fourth-order valence-electron chi connectivity index (χ4n) is 0.144. The first-order valence-electron chi connectivity index (χ1n) is 1.85. The molecule has 0 atom stereocenters. The molecule has 0 aliphatic carbocycles. The molecule has 0 heterocycles. The van der Waals surface area contributed by atoms with Crippen LogP contribution in [0.3, 0.4) is 0 Å². The summed E-state index contributed by atoms with van der Waals surface area (Å²) in [6.07, 6.45) is 1.27. The van der Waals surface area contributed by atoms with Gasteiger partial charge in [0.2, 0.25) is 0 Å². The molecule has 2 heteroatoms. The van der Waals surface area contributed by atoms with E-state index in [1.807, 2.05) is 0 Å². The molecular weight excluding hydrogens is 97.9 g/mol. The molecule has 0 amide bonds. The van der Waals surface area contributed by atoms with Gasteiger partial charge in [0.05, 0.1) is 0 Å². The summed E-state index contributed by atoms with van der Waals surface area (Å²) in [5, 5.41) is 0. The molecule has 0 saturated carbocycles. The van der Waals surface area contributed by atoms with Crippen molar-refractivity contribution in [1.29, 1.82) is 0 Å². The van der Waals surface area contributed by atoms with Crippen molar-refractivity contribution >= 4 is 0 Å². The summed E-state index contributed by atoms with van der Waals surface area (Å²) >= 11 is 0.00694. The van der Waals surface area contributed by atoms with E-state index in [2.05, 4.69) is 6.92 Å². The quantitative estimate of drug-likeness (QED) is 0.518. The number of nitrogens with two attached hydrogens (primary N) is 1. The van der Waals surface area contributed by atoms with Gasteiger partial charge in [-0.15, -0.1) is 0 Å². The zero-order valence-corrected chi connectivity index (χ0v) is 5.05. The van der Waals surface area contributed by atoms with Gasteiger partial charge >= 0.3 is 41.7 Å². The van der Waals surface area contributed by atoms with E-state index in [1.54, 1.807) is 0 Å². The number of hydrogen-bond donors (Lipinski definition) is 1. The van der Waals surface area contributed by atoms with Crippen LogP contribution in [0.5, 0.6) is 0 Å². The Morgan fingerprint density at radius 3 is 2.40 bits per heavy atom. The van der Waals surface area contributed by atoms with E-state index in [-0.39, 0.29) is 19.4 Å². The second-order valence-corrected chi connectivity index (χ2v) is 2.37. The molecule has 0 rings (SSSR count). The molecule has 0 aromatic heterocycles. The van der Waals surface area contributed by atoms with Crippen molar-refractivity contribution in [3.8, 4) is 0 Å². The van der Waals surface area contributed by atoms with Crippen molar-refractivity contribution in [3.05, 3.63) is 0 Å². The summed E-state index contributed by atoms with van der Waals surface area (Å²) in [5.41, 5.74) is 0. The Bertz CT molecular complexity index is 14.4. The van der Waals surface area contributed by atoms with Gasteiger partial charge in [0, 0.05) is 0 Å². The van der Waals surface area contributed by atoms with E-state index in [0.717, 1.165) is 0 Å². The van der Waals surface area contributed by atoms with Crippen molar-refractivity contribution in [2.75, 3.05) is 0 Å². The molecule has 0 unspecified atom stereocenters. The number of rotatable bonds is 2. The van der Waals surface area contributed by atoms with E-state index in [1.165, 1.54) is 11.1 Å². The van der Waals surface area contributed by atoms with Crippen LogP contribution in [-0.4, -0.2) is 0 Å². The zero-order valence-electron chi connectivity index (χ0n) is 3.49. The van der Waals surface area contributed by atoms with Gasteiger partial charge in [0.1, 0.15) is 0 Å². The second kappa shape index (κ2) is 4.67. The number of hydrogen-bond acceptors (Lipinski definition) is 1. The minimum atomic E-state index is 0.00694. The van der Waals surface area contributed by atoms with Crippen LogP contribution >= 0.6 is 0 Å². The Kier molecular flexibility index (Phi) is 5.30. The fourth-order valence-corrected chi connectivity index (χ4v) is 0.595. The molecule has 0 bridgehead atoms. The Morgan fingerprint density at radius 2 is 2.40 bits per heavy atom.